The van der Waals surface area contributed by atoms with E-state index in [1.54, 1.807) is 19.4 Å². The molecule has 2 aromatic heterocycles. The van der Waals surface area contributed by atoms with Crippen molar-refractivity contribution in [2.24, 2.45) is 0 Å². The Morgan fingerprint density at radius 3 is 2.96 bits per heavy atom. The maximum atomic E-state index is 12.0. The van der Waals surface area contributed by atoms with Gasteiger partial charge in [0, 0.05) is 45.0 Å². The molecule has 0 radical (unpaired) electrons. The predicted octanol–water partition coefficient (Wildman–Crippen LogP) is 1.06. The van der Waals surface area contributed by atoms with Gasteiger partial charge in [-0.15, -0.1) is 0 Å². The minimum atomic E-state index is -0.148. The van der Waals surface area contributed by atoms with Gasteiger partial charge in [-0.25, -0.2) is 9.50 Å². The van der Waals surface area contributed by atoms with Gasteiger partial charge in [0.1, 0.15) is 5.56 Å². The zero-order chi connectivity index (χ0) is 16.5. The van der Waals surface area contributed by atoms with Gasteiger partial charge in [-0.05, 0) is 31.9 Å². The number of likely N-dealkylation sites (tertiary alicyclic amines) is 1. The van der Waals surface area contributed by atoms with Crippen molar-refractivity contribution in [1.29, 1.82) is 0 Å². The highest BCUT2D eigenvalue weighted by Gasteiger charge is 2.31. The number of amides is 1. The SMILES string of the molecule is CNC(=O)c1cnn2c(C3CCN(C4CCOCC4)C3)ccnc12. The normalized spacial score (nSPS) is 23.0. The zero-order valence-corrected chi connectivity index (χ0v) is 13.9. The summed E-state index contributed by atoms with van der Waals surface area (Å²) in [6.45, 7) is 3.90. The van der Waals surface area contributed by atoms with E-state index < -0.39 is 0 Å². The zero-order valence-electron chi connectivity index (χ0n) is 13.9. The molecule has 2 saturated heterocycles. The maximum absolute atomic E-state index is 12.0. The molecule has 1 amide bonds. The van der Waals surface area contributed by atoms with Crippen LogP contribution in [0.15, 0.2) is 18.5 Å². The fourth-order valence-corrected chi connectivity index (χ4v) is 3.92. The van der Waals surface area contributed by atoms with Crippen LogP contribution in [0.2, 0.25) is 0 Å². The summed E-state index contributed by atoms with van der Waals surface area (Å²) in [5.74, 6) is 0.278. The van der Waals surface area contributed by atoms with Gasteiger partial charge in [-0.2, -0.15) is 5.10 Å². The molecule has 0 spiro atoms. The summed E-state index contributed by atoms with van der Waals surface area (Å²) in [6.07, 6.45) is 6.76. The number of nitrogens with one attached hydrogen (secondary N) is 1. The van der Waals surface area contributed by atoms with Crippen LogP contribution in [0.4, 0.5) is 0 Å². The lowest BCUT2D eigenvalue weighted by molar-refractivity contribution is 0.0419. The summed E-state index contributed by atoms with van der Waals surface area (Å²) in [5, 5.41) is 7.07. The second kappa shape index (κ2) is 6.49. The number of fused-ring (bicyclic) bond motifs is 1. The summed E-state index contributed by atoms with van der Waals surface area (Å²) in [5.41, 5.74) is 2.31. The van der Waals surface area contributed by atoms with Crippen molar-refractivity contribution in [3.8, 4) is 0 Å². The van der Waals surface area contributed by atoms with Crippen LogP contribution in [-0.4, -0.2) is 64.8 Å². The number of carbonyl (C=O) groups excluding carboxylic acids is 1. The quantitative estimate of drug-likeness (QED) is 0.911. The molecule has 1 N–H and O–H groups in total. The first-order valence-electron chi connectivity index (χ1n) is 8.64. The Labute approximate surface area is 141 Å². The molecule has 0 saturated carbocycles. The minimum Gasteiger partial charge on any atom is -0.381 e. The Morgan fingerprint density at radius 1 is 1.33 bits per heavy atom. The maximum Gasteiger partial charge on any atom is 0.256 e. The third-order valence-corrected chi connectivity index (χ3v) is 5.25. The average Bonchev–Trinajstić information content (AvgIpc) is 3.29. The lowest BCUT2D eigenvalue weighted by Gasteiger charge is -2.31. The summed E-state index contributed by atoms with van der Waals surface area (Å²) >= 11 is 0. The van der Waals surface area contributed by atoms with E-state index in [0.29, 0.717) is 23.2 Å². The van der Waals surface area contributed by atoms with Crippen LogP contribution in [0.25, 0.3) is 5.65 Å². The smallest absolute Gasteiger partial charge is 0.256 e. The van der Waals surface area contributed by atoms with Crippen LogP contribution in [0.3, 0.4) is 0 Å². The van der Waals surface area contributed by atoms with Crippen LogP contribution in [-0.2, 0) is 4.74 Å². The van der Waals surface area contributed by atoms with Crippen LogP contribution < -0.4 is 5.32 Å². The van der Waals surface area contributed by atoms with Gasteiger partial charge in [0.15, 0.2) is 5.65 Å². The van der Waals surface area contributed by atoms with E-state index in [4.69, 9.17) is 4.74 Å². The first kappa shape index (κ1) is 15.5. The molecule has 2 aliphatic rings. The molecule has 2 aliphatic heterocycles. The van der Waals surface area contributed by atoms with Crippen molar-refractivity contribution >= 4 is 11.6 Å². The van der Waals surface area contributed by atoms with Crippen molar-refractivity contribution in [2.45, 2.75) is 31.2 Å². The highest BCUT2D eigenvalue weighted by Crippen LogP contribution is 2.30. The number of hydrogen-bond donors (Lipinski definition) is 1. The van der Waals surface area contributed by atoms with Crippen LogP contribution >= 0.6 is 0 Å². The Bertz CT molecular complexity index is 738. The van der Waals surface area contributed by atoms with Crippen molar-refractivity contribution in [3.63, 3.8) is 0 Å². The molecule has 4 rings (SSSR count). The molecule has 7 heteroatoms. The number of ether oxygens (including phenoxy) is 1. The summed E-state index contributed by atoms with van der Waals surface area (Å²) < 4.78 is 7.31. The number of hydrogen-bond acceptors (Lipinski definition) is 5. The third-order valence-electron chi connectivity index (χ3n) is 5.25. The Balaban J connectivity index is 1.58. The molecule has 0 aliphatic carbocycles. The highest BCUT2D eigenvalue weighted by molar-refractivity contribution is 5.99. The molecule has 2 fully saturated rings. The minimum absolute atomic E-state index is 0.148. The largest absolute Gasteiger partial charge is 0.381 e. The molecular weight excluding hydrogens is 306 g/mol. The molecule has 7 nitrogen and oxygen atoms in total. The summed E-state index contributed by atoms with van der Waals surface area (Å²) in [7, 11) is 1.62. The molecule has 0 aromatic carbocycles. The van der Waals surface area contributed by atoms with Crippen molar-refractivity contribution in [1.82, 2.24) is 24.8 Å². The molecular formula is C17H23N5O2. The van der Waals surface area contributed by atoms with Gasteiger partial charge in [0.2, 0.25) is 0 Å². The third kappa shape index (κ3) is 2.67. The molecule has 24 heavy (non-hydrogen) atoms. The van der Waals surface area contributed by atoms with Crippen molar-refractivity contribution in [3.05, 3.63) is 29.7 Å². The monoisotopic (exact) mass is 329 g/mol. The van der Waals surface area contributed by atoms with E-state index >= 15 is 0 Å². The Hall–Kier alpha value is -1.99. The van der Waals surface area contributed by atoms with E-state index in [0.717, 1.165) is 51.3 Å². The van der Waals surface area contributed by atoms with Crippen molar-refractivity contribution < 1.29 is 9.53 Å². The Kier molecular flexibility index (Phi) is 4.20. The summed E-state index contributed by atoms with van der Waals surface area (Å²) in [4.78, 5) is 18.9. The van der Waals surface area contributed by atoms with E-state index in [1.165, 1.54) is 0 Å². The first-order valence-corrected chi connectivity index (χ1v) is 8.64. The van der Waals surface area contributed by atoms with Gasteiger partial charge < -0.3 is 10.1 Å². The Morgan fingerprint density at radius 2 is 2.17 bits per heavy atom. The predicted molar refractivity (Wildman–Crippen MR) is 89.1 cm³/mol. The number of carbonyl (C=O) groups is 1. The van der Waals surface area contributed by atoms with Gasteiger partial charge in [0.05, 0.1) is 11.9 Å². The van der Waals surface area contributed by atoms with Crippen LogP contribution in [0, 0.1) is 0 Å². The molecule has 1 unspecified atom stereocenters. The fourth-order valence-electron chi connectivity index (χ4n) is 3.92. The van der Waals surface area contributed by atoms with Crippen molar-refractivity contribution in [2.75, 3.05) is 33.4 Å². The summed E-state index contributed by atoms with van der Waals surface area (Å²) in [6, 6.07) is 2.67. The second-order valence-corrected chi connectivity index (χ2v) is 6.57. The number of nitrogens with zero attached hydrogens (tertiary/aromatic N) is 4. The number of rotatable bonds is 3. The van der Waals surface area contributed by atoms with E-state index in [2.05, 4.69) is 20.3 Å². The number of aromatic nitrogens is 3. The van der Waals surface area contributed by atoms with Gasteiger partial charge in [-0.3, -0.25) is 9.69 Å². The second-order valence-electron chi connectivity index (χ2n) is 6.57. The van der Waals surface area contributed by atoms with E-state index in [-0.39, 0.29) is 5.91 Å². The van der Waals surface area contributed by atoms with Gasteiger partial charge in [-0.1, -0.05) is 0 Å². The highest BCUT2D eigenvalue weighted by atomic mass is 16.5. The fraction of sp³-hybridized carbons (Fsp3) is 0.588. The molecule has 0 bridgehead atoms. The lowest BCUT2D eigenvalue weighted by Crippen LogP contribution is -2.37. The van der Waals surface area contributed by atoms with E-state index in [1.807, 2.05) is 10.6 Å². The van der Waals surface area contributed by atoms with Crippen LogP contribution in [0.1, 0.15) is 41.2 Å². The molecule has 4 heterocycles. The topological polar surface area (TPSA) is 71.8 Å². The first-order chi connectivity index (χ1) is 11.8. The van der Waals surface area contributed by atoms with E-state index in [9.17, 15) is 4.79 Å². The molecule has 1 atom stereocenters. The van der Waals surface area contributed by atoms with Gasteiger partial charge in [0.25, 0.3) is 5.91 Å². The molecule has 2 aromatic rings. The lowest BCUT2D eigenvalue weighted by atomic mass is 10.0. The van der Waals surface area contributed by atoms with Crippen LogP contribution in [0.5, 0.6) is 0 Å². The molecule has 128 valence electrons. The average molecular weight is 329 g/mol. The standard InChI is InChI=1S/C17H23N5O2/c1-18-17(23)14-10-20-22-15(2-6-19-16(14)22)12-3-7-21(11-12)13-4-8-24-9-5-13/h2,6,10,12-13H,3-5,7-9,11H2,1H3,(H,18,23). The van der Waals surface area contributed by atoms with Gasteiger partial charge >= 0.3 is 0 Å².